The van der Waals surface area contributed by atoms with Gasteiger partial charge in [-0.05, 0) is 24.3 Å². The molecule has 80 valence electrons. The van der Waals surface area contributed by atoms with Crippen LogP contribution in [0.1, 0.15) is 10.4 Å². The van der Waals surface area contributed by atoms with Crippen LogP contribution in [0.5, 0.6) is 11.8 Å². The Hall–Kier alpha value is -1.94. The second kappa shape index (κ2) is 4.72. The van der Waals surface area contributed by atoms with Crippen molar-refractivity contribution in [2.24, 2.45) is 0 Å². The average molecular weight is 235 g/mol. The van der Waals surface area contributed by atoms with Crippen LogP contribution in [-0.2, 0) is 0 Å². The molecule has 1 aromatic heterocycles. The van der Waals surface area contributed by atoms with Gasteiger partial charge in [0.25, 0.3) is 0 Å². The van der Waals surface area contributed by atoms with Crippen molar-refractivity contribution in [3.8, 4) is 11.8 Å². The minimum absolute atomic E-state index is 0.188. The summed E-state index contributed by atoms with van der Waals surface area (Å²) in [7, 11) is 0. The maximum Gasteiger partial charge on any atom is 0.321 e. The van der Waals surface area contributed by atoms with Crippen molar-refractivity contribution in [3.63, 3.8) is 0 Å². The predicted molar refractivity (Wildman–Crippen MR) is 58.9 cm³/mol. The highest BCUT2D eigenvalue weighted by Crippen LogP contribution is 2.24. The van der Waals surface area contributed by atoms with E-state index in [4.69, 9.17) is 16.3 Å². The Labute approximate surface area is 96.9 Å². The zero-order chi connectivity index (χ0) is 11.4. The van der Waals surface area contributed by atoms with E-state index in [0.29, 0.717) is 22.6 Å². The molecule has 0 radical (unpaired) electrons. The first-order chi connectivity index (χ1) is 7.79. The highest BCUT2D eigenvalue weighted by atomic mass is 35.5. The first-order valence-electron chi connectivity index (χ1n) is 4.49. The molecule has 4 nitrogen and oxygen atoms in total. The van der Waals surface area contributed by atoms with E-state index in [2.05, 4.69) is 9.97 Å². The van der Waals surface area contributed by atoms with Crippen LogP contribution in [0.25, 0.3) is 0 Å². The molecule has 1 heterocycles. The van der Waals surface area contributed by atoms with Gasteiger partial charge < -0.3 is 4.74 Å². The molecule has 0 saturated carbocycles. The van der Waals surface area contributed by atoms with Crippen LogP contribution >= 0.6 is 11.6 Å². The molecule has 0 aliphatic heterocycles. The second-order valence-electron chi connectivity index (χ2n) is 2.93. The van der Waals surface area contributed by atoms with Gasteiger partial charge in [0.2, 0.25) is 0 Å². The van der Waals surface area contributed by atoms with Crippen LogP contribution in [0.15, 0.2) is 36.7 Å². The number of hydrogen-bond acceptors (Lipinski definition) is 4. The molecular weight excluding hydrogens is 228 g/mol. The smallest absolute Gasteiger partial charge is 0.321 e. The Morgan fingerprint density at radius 2 is 2.00 bits per heavy atom. The summed E-state index contributed by atoms with van der Waals surface area (Å²) in [5.74, 6) is 0.380. The molecule has 0 fully saturated rings. The average Bonchev–Trinajstić information content (AvgIpc) is 2.33. The lowest BCUT2D eigenvalue weighted by atomic mass is 10.2. The standard InChI is InChI=1S/C11H7ClN2O2/c12-9-2-3-10(8(6-9)7-15)16-11-13-4-1-5-14-11/h1-7H. The van der Waals surface area contributed by atoms with Crippen LogP contribution in [0.4, 0.5) is 0 Å². The van der Waals surface area contributed by atoms with Crippen LogP contribution in [-0.4, -0.2) is 16.3 Å². The Morgan fingerprint density at radius 1 is 1.25 bits per heavy atom. The van der Waals surface area contributed by atoms with Gasteiger partial charge in [-0.3, -0.25) is 4.79 Å². The molecule has 0 aliphatic rings. The van der Waals surface area contributed by atoms with Gasteiger partial charge in [-0.25, -0.2) is 9.97 Å². The number of aldehydes is 1. The third-order valence-electron chi connectivity index (χ3n) is 1.84. The highest BCUT2D eigenvalue weighted by molar-refractivity contribution is 6.30. The fraction of sp³-hybridized carbons (Fsp3) is 0. The summed E-state index contributed by atoms with van der Waals surface area (Å²) in [6.45, 7) is 0. The molecule has 0 amide bonds. The van der Waals surface area contributed by atoms with Crippen molar-refractivity contribution >= 4 is 17.9 Å². The Balaban J connectivity index is 2.31. The molecule has 0 bridgehead atoms. The molecule has 5 heteroatoms. The quantitative estimate of drug-likeness (QED) is 0.767. The summed E-state index contributed by atoms with van der Waals surface area (Å²) in [6.07, 6.45) is 3.78. The number of carbonyl (C=O) groups excluding carboxylic acids is 1. The van der Waals surface area contributed by atoms with E-state index in [-0.39, 0.29) is 6.01 Å². The lowest BCUT2D eigenvalue weighted by Gasteiger charge is -2.05. The number of benzene rings is 1. The van der Waals surface area contributed by atoms with E-state index in [9.17, 15) is 4.79 Å². The van der Waals surface area contributed by atoms with Crippen LogP contribution in [0.2, 0.25) is 5.02 Å². The molecule has 0 unspecified atom stereocenters. The molecule has 16 heavy (non-hydrogen) atoms. The number of carbonyl (C=O) groups is 1. The Morgan fingerprint density at radius 3 is 2.69 bits per heavy atom. The normalized spacial score (nSPS) is 9.81. The summed E-state index contributed by atoms with van der Waals surface area (Å²) in [6, 6.07) is 6.62. The second-order valence-corrected chi connectivity index (χ2v) is 3.37. The zero-order valence-corrected chi connectivity index (χ0v) is 8.89. The minimum atomic E-state index is 0.188. The molecule has 1 aromatic carbocycles. The summed E-state index contributed by atoms with van der Waals surface area (Å²) in [5, 5.41) is 0.475. The molecule has 0 N–H and O–H groups in total. The number of nitrogens with zero attached hydrogens (tertiary/aromatic N) is 2. The fourth-order valence-electron chi connectivity index (χ4n) is 1.14. The monoisotopic (exact) mass is 234 g/mol. The van der Waals surface area contributed by atoms with E-state index in [1.807, 2.05) is 0 Å². The summed E-state index contributed by atoms with van der Waals surface area (Å²) in [5.41, 5.74) is 0.361. The van der Waals surface area contributed by atoms with Gasteiger partial charge >= 0.3 is 6.01 Å². The van der Waals surface area contributed by atoms with Crippen molar-refractivity contribution in [3.05, 3.63) is 47.2 Å². The number of aromatic nitrogens is 2. The summed E-state index contributed by atoms with van der Waals surface area (Å²) < 4.78 is 5.34. The van der Waals surface area contributed by atoms with Gasteiger partial charge in [-0.1, -0.05) is 11.6 Å². The molecule has 2 rings (SSSR count). The van der Waals surface area contributed by atoms with Crippen molar-refractivity contribution in [2.75, 3.05) is 0 Å². The number of halogens is 1. The number of ether oxygens (including phenoxy) is 1. The maximum absolute atomic E-state index is 10.8. The van der Waals surface area contributed by atoms with Gasteiger partial charge in [-0.2, -0.15) is 0 Å². The predicted octanol–water partition coefficient (Wildman–Crippen LogP) is 2.73. The zero-order valence-electron chi connectivity index (χ0n) is 8.13. The van der Waals surface area contributed by atoms with Crippen molar-refractivity contribution < 1.29 is 9.53 Å². The Kier molecular flexibility index (Phi) is 3.12. The lowest BCUT2D eigenvalue weighted by molar-refractivity contribution is 0.112. The van der Waals surface area contributed by atoms with Gasteiger partial charge in [0.15, 0.2) is 6.29 Å². The van der Waals surface area contributed by atoms with Crippen LogP contribution in [0, 0.1) is 0 Å². The molecule has 0 saturated heterocycles. The molecule has 0 spiro atoms. The fourth-order valence-corrected chi connectivity index (χ4v) is 1.32. The van der Waals surface area contributed by atoms with Crippen LogP contribution in [0.3, 0.4) is 0 Å². The van der Waals surface area contributed by atoms with E-state index < -0.39 is 0 Å². The summed E-state index contributed by atoms with van der Waals surface area (Å²) in [4.78, 5) is 18.6. The topological polar surface area (TPSA) is 52.1 Å². The molecule has 2 aromatic rings. The van der Waals surface area contributed by atoms with Crippen molar-refractivity contribution in [1.29, 1.82) is 0 Å². The van der Waals surface area contributed by atoms with E-state index >= 15 is 0 Å². The van der Waals surface area contributed by atoms with Gasteiger partial charge in [0.05, 0.1) is 5.56 Å². The van der Waals surface area contributed by atoms with E-state index in [0.717, 1.165) is 0 Å². The van der Waals surface area contributed by atoms with Crippen LogP contribution < -0.4 is 4.74 Å². The van der Waals surface area contributed by atoms with E-state index in [1.165, 1.54) is 6.07 Å². The first kappa shape index (κ1) is 10.6. The Bertz CT molecular complexity index is 503. The first-order valence-corrected chi connectivity index (χ1v) is 4.87. The third kappa shape index (κ3) is 2.35. The van der Waals surface area contributed by atoms with Gasteiger partial charge in [-0.15, -0.1) is 0 Å². The minimum Gasteiger partial charge on any atom is -0.424 e. The molecule has 0 atom stereocenters. The largest absolute Gasteiger partial charge is 0.424 e. The highest BCUT2D eigenvalue weighted by Gasteiger charge is 2.06. The molecular formula is C11H7ClN2O2. The maximum atomic E-state index is 10.8. The third-order valence-corrected chi connectivity index (χ3v) is 2.08. The van der Waals surface area contributed by atoms with E-state index in [1.54, 1.807) is 30.6 Å². The van der Waals surface area contributed by atoms with Crippen molar-refractivity contribution in [1.82, 2.24) is 9.97 Å². The molecule has 0 aliphatic carbocycles. The summed E-state index contributed by atoms with van der Waals surface area (Å²) >= 11 is 5.75. The number of hydrogen-bond donors (Lipinski definition) is 0. The van der Waals surface area contributed by atoms with Gasteiger partial charge in [0.1, 0.15) is 5.75 Å². The van der Waals surface area contributed by atoms with Crippen molar-refractivity contribution in [2.45, 2.75) is 0 Å². The van der Waals surface area contributed by atoms with Gasteiger partial charge in [0, 0.05) is 17.4 Å². The number of rotatable bonds is 3. The lowest BCUT2D eigenvalue weighted by Crippen LogP contribution is -1.93. The SMILES string of the molecule is O=Cc1cc(Cl)ccc1Oc1ncccn1.